The molecule has 0 radical (unpaired) electrons. The molecule has 0 unspecified atom stereocenters. The summed E-state index contributed by atoms with van der Waals surface area (Å²) in [5, 5.41) is 4.85. The minimum atomic E-state index is -0.481. The zero-order valence-electron chi connectivity index (χ0n) is 29.8. The number of para-hydroxylation sites is 2. The summed E-state index contributed by atoms with van der Waals surface area (Å²) in [6.07, 6.45) is 0. The van der Waals surface area contributed by atoms with Crippen LogP contribution in [0.15, 0.2) is 127 Å². The van der Waals surface area contributed by atoms with Crippen LogP contribution in [0.1, 0.15) is 63.8 Å². The number of anilines is 3. The Kier molecular flexibility index (Phi) is 5.86. The van der Waals surface area contributed by atoms with Crippen molar-refractivity contribution >= 4 is 50.7 Å². The van der Waals surface area contributed by atoms with E-state index in [1.54, 1.807) is 41.3 Å². The van der Waals surface area contributed by atoms with E-state index in [-0.39, 0.29) is 28.9 Å². The first kappa shape index (κ1) is 27.4. The molecule has 49 heavy (non-hydrogen) atoms. The molecule has 0 aromatic heterocycles. The lowest BCUT2D eigenvalue weighted by Crippen LogP contribution is -2.17. The van der Waals surface area contributed by atoms with E-state index in [1.165, 1.54) is 39.4 Å². The van der Waals surface area contributed by atoms with Crippen LogP contribution in [-0.4, -0.2) is 0 Å². The number of halogens is 2. The summed E-state index contributed by atoms with van der Waals surface area (Å²) in [6.45, 7) is 8.77. The van der Waals surface area contributed by atoms with Gasteiger partial charge in [0.05, 0.1) is 14.1 Å². The minimum Gasteiger partial charge on any atom is -0.305 e. The lowest BCUT2D eigenvalue weighted by Gasteiger charge is -2.28. The number of hydrogen-bond donors (Lipinski definition) is 0. The van der Waals surface area contributed by atoms with Gasteiger partial charge in [0.25, 0.3) is 0 Å². The molecule has 9 rings (SSSR count). The van der Waals surface area contributed by atoms with E-state index in [1.807, 2.05) is 36.4 Å². The van der Waals surface area contributed by atoms with Gasteiger partial charge in [-0.05, 0) is 109 Å². The highest BCUT2D eigenvalue weighted by Gasteiger charge is 2.37. The van der Waals surface area contributed by atoms with E-state index >= 15 is 8.78 Å². The maximum atomic E-state index is 15.3. The number of hydrogen-bond acceptors (Lipinski definition) is 1. The van der Waals surface area contributed by atoms with E-state index in [9.17, 15) is 2.74 Å². The third-order valence-electron chi connectivity index (χ3n) is 10.8. The standard InChI is InChI=1S/C46H35F2N/c1-45(2)35-11-9-10-30-19-20-31-24-29(26-38(45)44(31)43(30)35)17-16-28-18-22-33-34-23-21-32(27-37(34)46(3,4)36(33)25-28)49(41-14-7-5-12-39(41)47)42-15-8-6-13-40(42)48/h5-27H,1-4H3/b17-16+/i16D,17D. The quantitative estimate of drug-likeness (QED) is 0.134. The van der Waals surface area contributed by atoms with Gasteiger partial charge in [-0.1, -0.05) is 125 Å². The Morgan fingerprint density at radius 2 is 1.08 bits per heavy atom. The van der Waals surface area contributed by atoms with Gasteiger partial charge >= 0.3 is 0 Å². The predicted octanol–water partition coefficient (Wildman–Crippen LogP) is 12.9. The largest absolute Gasteiger partial charge is 0.305 e. The van der Waals surface area contributed by atoms with Crippen LogP contribution in [0.25, 0.3) is 44.8 Å². The SMILES string of the molecule is [2H]/C(=C(/[2H])c1cc2c3c(ccc4cccc(c43)C2(C)C)c1)c1ccc2c(c1)C(C)(C)c1cc(N(c3ccccc3F)c3ccccc3F)ccc1-2. The van der Waals surface area contributed by atoms with Crippen molar-refractivity contribution in [3.63, 3.8) is 0 Å². The molecule has 0 atom stereocenters. The zero-order valence-corrected chi connectivity index (χ0v) is 27.8. The van der Waals surface area contributed by atoms with Gasteiger partial charge in [0, 0.05) is 16.5 Å². The van der Waals surface area contributed by atoms with Gasteiger partial charge in [0.2, 0.25) is 0 Å². The van der Waals surface area contributed by atoms with Crippen molar-refractivity contribution in [3.8, 4) is 11.1 Å². The predicted molar refractivity (Wildman–Crippen MR) is 201 cm³/mol. The van der Waals surface area contributed by atoms with Gasteiger partial charge in [-0.3, -0.25) is 0 Å². The molecule has 0 saturated heterocycles. The molecule has 1 nitrogen and oxygen atoms in total. The third-order valence-corrected chi connectivity index (χ3v) is 10.8. The Hall–Kier alpha value is -5.54. The highest BCUT2D eigenvalue weighted by Crippen LogP contribution is 2.52. The average Bonchev–Trinajstić information content (AvgIpc) is 3.51. The fourth-order valence-corrected chi connectivity index (χ4v) is 8.23. The molecule has 0 fully saturated rings. The van der Waals surface area contributed by atoms with Crippen LogP contribution in [0.2, 0.25) is 0 Å². The van der Waals surface area contributed by atoms with E-state index in [4.69, 9.17) is 0 Å². The fourth-order valence-electron chi connectivity index (χ4n) is 8.23. The maximum absolute atomic E-state index is 15.3. The Labute approximate surface area is 288 Å². The van der Waals surface area contributed by atoms with Gasteiger partial charge in [-0.2, -0.15) is 0 Å². The van der Waals surface area contributed by atoms with E-state index < -0.39 is 17.0 Å². The topological polar surface area (TPSA) is 3.24 Å². The van der Waals surface area contributed by atoms with E-state index in [0.29, 0.717) is 11.3 Å². The lowest BCUT2D eigenvalue weighted by atomic mass is 9.81. The molecule has 0 saturated carbocycles. The smallest absolute Gasteiger partial charge is 0.147 e. The molecular formula is C46H35F2N. The van der Waals surface area contributed by atoms with Gasteiger partial charge in [0.15, 0.2) is 0 Å². The summed E-state index contributed by atoms with van der Waals surface area (Å²) in [5.74, 6) is -0.896. The summed E-state index contributed by atoms with van der Waals surface area (Å²) in [4.78, 5) is 1.63. The highest BCUT2D eigenvalue weighted by atomic mass is 19.1. The molecule has 0 heterocycles. The summed E-state index contributed by atoms with van der Waals surface area (Å²) >= 11 is 0. The summed E-state index contributed by atoms with van der Waals surface area (Å²) in [7, 11) is 0. The highest BCUT2D eigenvalue weighted by molar-refractivity contribution is 6.15. The Balaban J connectivity index is 1.13. The maximum Gasteiger partial charge on any atom is 0.147 e. The molecular weight excluding hydrogens is 605 g/mol. The second kappa shape index (κ2) is 10.5. The van der Waals surface area contributed by atoms with Crippen LogP contribution >= 0.6 is 0 Å². The van der Waals surface area contributed by atoms with Crippen molar-refractivity contribution < 1.29 is 11.5 Å². The molecule has 7 aromatic rings. The summed E-state index contributed by atoms with van der Waals surface area (Å²) < 4.78 is 49.2. The van der Waals surface area contributed by atoms with Crippen LogP contribution in [0.4, 0.5) is 25.8 Å². The normalized spacial score (nSPS) is 16.0. The Morgan fingerprint density at radius 3 is 1.80 bits per heavy atom. The van der Waals surface area contributed by atoms with Crippen molar-refractivity contribution in [2.24, 2.45) is 0 Å². The van der Waals surface area contributed by atoms with E-state index in [2.05, 4.69) is 70.2 Å². The number of rotatable bonds is 5. The Bertz CT molecular complexity index is 2610. The van der Waals surface area contributed by atoms with Gasteiger partial charge < -0.3 is 4.90 Å². The van der Waals surface area contributed by atoms with Crippen molar-refractivity contribution in [3.05, 3.63) is 172 Å². The van der Waals surface area contributed by atoms with Gasteiger partial charge in [0.1, 0.15) is 11.6 Å². The molecule has 2 aliphatic rings. The van der Waals surface area contributed by atoms with Crippen molar-refractivity contribution in [2.45, 2.75) is 38.5 Å². The summed E-state index contributed by atoms with van der Waals surface area (Å²) in [5.41, 5.74) is 8.53. The second-order valence-corrected chi connectivity index (χ2v) is 14.3. The molecule has 7 aromatic carbocycles. The molecule has 3 heteroatoms. The molecule has 238 valence electrons. The van der Waals surface area contributed by atoms with E-state index in [0.717, 1.165) is 33.2 Å². The van der Waals surface area contributed by atoms with Crippen LogP contribution in [0, 0.1) is 11.6 Å². The summed E-state index contributed by atoms with van der Waals surface area (Å²) in [6, 6.07) is 40.1. The van der Waals surface area contributed by atoms with Crippen LogP contribution < -0.4 is 4.90 Å². The third kappa shape index (κ3) is 4.35. The lowest BCUT2D eigenvalue weighted by molar-refractivity contribution is 0.619. The molecule has 0 spiro atoms. The number of fused-ring (bicyclic) bond motifs is 3. The van der Waals surface area contributed by atoms with Crippen molar-refractivity contribution in [1.82, 2.24) is 0 Å². The van der Waals surface area contributed by atoms with Gasteiger partial charge in [-0.15, -0.1) is 0 Å². The second-order valence-electron chi connectivity index (χ2n) is 14.3. The van der Waals surface area contributed by atoms with Crippen molar-refractivity contribution in [1.29, 1.82) is 0 Å². The molecule has 0 bridgehead atoms. The van der Waals surface area contributed by atoms with Crippen LogP contribution in [0.3, 0.4) is 0 Å². The molecule has 2 aliphatic carbocycles. The molecule has 0 aliphatic heterocycles. The molecule has 0 N–H and O–H groups in total. The first-order chi connectivity index (χ1) is 24.5. The Morgan fingerprint density at radius 1 is 0.510 bits per heavy atom. The van der Waals surface area contributed by atoms with Crippen LogP contribution in [-0.2, 0) is 10.8 Å². The van der Waals surface area contributed by atoms with Gasteiger partial charge in [-0.25, -0.2) is 8.78 Å². The van der Waals surface area contributed by atoms with Crippen molar-refractivity contribution in [2.75, 3.05) is 4.90 Å². The monoisotopic (exact) mass is 641 g/mol. The fraction of sp³-hybridized carbons (Fsp3) is 0.130. The van der Waals surface area contributed by atoms with Crippen LogP contribution in [0.5, 0.6) is 0 Å². The molecule has 0 amide bonds. The average molecular weight is 642 g/mol. The zero-order chi connectivity index (χ0) is 35.4. The first-order valence-electron chi connectivity index (χ1n) is 17.7. The minimum absolute atomic E-state index is 0.163. The first-order valence-corrected chi connectivity index (χ1v) is 16.7. The number of benzene rings is 7. The number of nitrogens with zero attached hydrogens (tertiary/aromatic N) is 1.